The molecule has 1 rings (SSSR count). The molecular formula is C9H18FNO. The van der Waals surface area contributed by atoms with E-state index in [9.17, 15) is 4.39 Å². The molecule has 3 heteroatoms. The van der Waals surface area contributed by atoms with E-state index in [1.54, 1.807) is 0 Å². The molecule has 1 heterocycles. The topological polar surface area (TPSA) is 21.3 Å². The van der Waals surface area contributed by atoms with Gasteiger partial charge in [0.25, 0.3) is 0 Å². The van der Waals surface area contributed by atoms with Crippen LogP contribution in [0.5, 0.6) is 0 Å². The maximum absolute atomic E-state index is 11.8. The first kappa shape index (κ1) is 9.93. The smallest absolute Gasteiger partial charge is 0.102 e. The summed E-state index contributed by atoms with van der Waals surface area (Å²) in [4.78, 5) is 0. The molecule has 1 N–H and O–H groups in total. The number of nitrogens with one attached hydrogen (secondary N) is 1. The average Bonchev–Trinajstić information content (AvgIpc) is 2.15. The Kier molecular flexibility index (Phi) is 4.54. The Morgan fingerprint density at radius 3 is 2.75 bits per heavy atom. The highest BCUT2D eigenvalue weighted by atomic mass is 19.1. The van der Waals surface area contributed by atoms with Crippen LogP contribution in [0.4, 0.5) is 4.39 Å². The van der Waals surface area contributed by atoms with Crippen molar-refractivity contribution < 1.29 is 9.13 Å². The Bertz CT molecular complexity index is 115. The Balaban J connectivity index is 2.15. The molecule has 2 nitrogen and oxygen atoms in total. The van der Waals surface area contributed by atoms with E-state index in [4.69, 9.17) is 4.74 Å². The van der Waals surface area contributed by atoms with Gasteiger partial charge in [0, 0.05) is 25.8 Å². The monoisotopic (exact) mass is 175 g/mol. The molecule has 0 bridgehead atoms. The van der Waals surface area contributed by atoms with E-state index >= 15 is 0 Å². The standard InChI is InChI=1S/C9H18FNO/c1-8(11-5-4-10)9-2-6-12-7-3-9/h8-9,11H,2-7H2,1H3. The van der Waals surface area contributed by atoms with E-state index in [1.807, 2.05) is 0 Å². The normalized spacial score (nSPS) is 22.5. The lowest BCUT2D eigenvalue weighted by atomic mass is 9.93. The van der Waals surface area contributed by atoms with Crippen LogP contribution < -0.4 is 5.32 Å². The first-order valence-corrected chi connectivity index (χ1v) is 4.71. The highest BCUT2D eigenvalue weighted by molar-refractivity contribution is 4.74. The Labute approximate surface area is 73.5 Å². The molecule has 0 aromatic heterocycles. The summed E-state index contributed by atoms with van der Waals surface area (Å²) in [5, 5.41) is 3.17. The second-order valence-electron chi connectivity index (χ2n) is 3.38. The molecule has 1 saturated heterocycles. The predicted octanol–water partition coefficient (Wildman–Crippen LogP) is 1.36. The van der Waals surface area contributed by atoms with Crippen LogP contribution in [0.2, 0.25) is 0 Å². The quantitative estimate of drug-likeness (QED) is 0.696. The summed E-state index contributed by atoms with van der Waals surface area (Å²) in [7, 11) is 0. The molecule has 1 aliphatic heterocycles. The van der Waals surface area contributed by atoms with Gasteiger partial charge < -0.3 is 10.1 Å². The minimum Gasteiger partial charge on any atom is -0.381 e. The predicted molar refractivity (Wildman–Crippen MR) is 47.0 cm³/mol. The Hall–Kier alpha value is -0.150. The maximum atomic E-state index is 11.8. The molecule has 0 aromatic carbocycles. The number of halogens is 1. The van der Waals surface area contributed by atoms with Crippen molar-refractivity contribution in [1.82, 2.24) is 5.32 Å². The first-order chi connectivity index (χ1) is 5.84. The minimum absolute atomic E-state index is 0.270. The van der Waals surface area contributed by atoms with Crippen molar-refractivity contribution in [3.8, 4) is 0 Å². The number of ether oxygens (including phenoxy) is 1. The number of hydrogen-bond donors (Lipinski definition) is 1. The van der Waals surface area contributed by atoms with E-state index in [0.717, 1.165) is 26.1 Å². The molecule has 0 amide bonds. The fourth-order valence-electron chi connectivity index (χ4n) is 1.66. The van der Waals surface area contributed by atoms with Crippen LogP contribution in [-0.4, -0.2) is 32.5 Å². The largest absolute Gasteiger partial charge is 0.381 e. The zero-order valence-corrected chi connectivity index (χ0v) is 7.68. The van der Waals surface area contributed by atoms with Gasteiger partial charge in [0.2, 0.25) is 0 Å². The van der Waals surface area contributed by atoms with Gasteiger partial charge in [0.1, 0.15) is 6.67 Å². The van der Waals surface area contributed by atoms with Gasteiger partial charge in [-0.15, -0.1) is 0 Å². The molecule has 1 aliphatic rings. The minimum atomic E-state index is -0.270. The van der Waals surface area contributed by atoms with Crippen LogP contribution in [0.25, 0.3) is 0 Å². The van der Waals surface area contributed by atoms with Crippen LogP contribution in [0.3, 0.4) is 0 Å². The molecular weight excluding hydrogens is 157 g/mol. The zero-order valence-electron chi connectivity index (χ0n) is 7.68. The van der Waals surface area contributed by atoms with E-state index < -0.39 is 0 Å². The van der Waals surface area contributed by atoms with Crippen LogP contribution in [0.15, 0.2) is 0 Å². The maximum Gasteiger partial charge on any atom is 0.102 e. The van der Waals surface area contributed by atoms with Gasteiger partial charge in [-0.05, 0) is 25.7 Å². The second kappa shape index (κ2) is 5.49. The number of rotatable bonds is 4. The van der Waals surface area contributed by atoms with Crippen LogP contribution in [0.1, 0.15) is 19.8 Å². The summed E-state index contributed by atoms with van der Waals surface area (Å²) in [5.74, 6) is 0.672. The van der Waals surface area contributed by atoms with Crippen LogP contribution in [-0.2, 0) is 4.74 Å². The lowest BCUT2D eigenvalue weighted by Crippen LogP contribution is -2.37. The van der Waals surface area contributed by atoms with Crippen molar-refractivity contribution in [1.29, 1.82) is 0 Å². The molecule has 0 spiro atoms. The molecule has 1 fully saturated rings. The van der Waals surface area contributed by atoms with Gasteiger partial charge in [-0.25, -0.2) is 4.39 Å². The summed E-state index contributed by atoms with van der Waals surface area (Å²) < 4.78 is 17.1. The summed E-state index contributed by atoms with van der Waals surface area (Å²) >= 11 is 0. The second-order valence-corrected chi connectivity index (χ2v) is 3.38. The SMILES string of the molecule is CC(NCCF)C1CCOCC1. The Morgan fingerprint density at radius 2 is 2.17 bits per heavy atom. The zero-order chi connectivity index (χ0) is 8.81. The van der Waals surface area contributed by atoms with Crippen molar-refractivity contribution in [2.75, 3.05) is 26.4 Å². The fraction of sp³-hybridized carbons (Fsp3) is 1.00. The molecule has 0 radical (unpaired) electrons. The average molecular weight is 175 g/mol. The molecule has 0 aliphatic carbocycles. The lowest BCUT2D eigenvalue weighted by molar-refractivity contribution is 0.0558. The highest BCUT2D eigenvalue weighted by Gasteiger charge is 2.19. The van der Waals surface area contributed by atoms with E-state index in [-0.39, 0.29) is 6.67 Å². The van der Waals surface area contributed by atoms with Crippen molar-refractivity contribution >= 4 is 0 Å². The highest BCUT2D eigenvalue weighted by Crippen LogP contribution is 2.18. The van der Waals surface area contributed by atoms with Gasteiger partial charge >= 0.3 is 0 Å². The van der Waals surface area contributed by atoms with Gasteiger partial charge in [-0.3, -0.25) is 0 Å². The van der Waals surface area contributed by atoms with Crippen LogP contribution in [0, 0.1) is 5.92 Å². The van der Waals surface area contributed by atoms with Crippen molar-refractivity contribution in [3.63, 3.8) is 0 Å². The van der Waals surface area contributed by atoms with Crippen LogP contribution >= 0.6 is 0 Å². The summed E-state index contributed by atoms with van der Waals surface area (Å²) in [6.45, 7) is 4.08. The van der Waals surface area contributed by atoms with Gasteiger partial charge in [-0.2, -0.15) is 0 Å². The van der Waals surface area contributed by atoms with Gasteiger partial charge in [-0.1, -0.05) is 0 Å². The molecule has 1 unspecified atom stereocenters. The van der Waals surface area contributed by atoms with E-state index in [2.05, 4.69) is 12.2 Å². The molecule has 0 aromatic rings. The summed E-state index contributed by atoms with van der Waals surface area (Å²) in [6, 6.07) is 0.435. The van der Waals surface area contributed by atoms with E-state index in [1.165, 1.54) is 0 Å². The van der Waals surface area contributed by atoms with Gasteiger partial charge in [0.15, 0.2) is 0 Å². The first-order valence-electron chi connectivity index (χ1n) is 4.71. The van der Waals surface area contributed by atoms with Crippen molar-refractivity contribution in [2.24, 2.45) is 5.92 Å². The van der Waals surface area contributed by atoms with Crippen molar-refractivity contribution in [2.45, 2.75) is 25.8 Å². The third kappa shape index (κ3) is 3.07. The van der Waals surface area contributed by atoms with Gasteiger partial charge in [0.05, 0.1) is 0 Å². The molecule has 12 heavy (non-hydrogen) atoms. The third-order valence-electron chi connectivity index (χ3n) is 2.53. The lowest BCUT2D eigenvalue weighted by Gasteiger charge is -2.28. The number of alkyl halides is 1. The fourth-order valence-corrected chi connectivity index (χ4v) is 1.66. The molecule has 72 valence electrons. The molecule has 0 saturated carbocycles. The number of hydrogen-bond acceptors (Lipinski definition) is 2. The van der Waals surface area contributed by atoms with E-state index in [0.29, 0.717) is 18.5 Å². The summed E-state index contributed by atoms with van der Waals surface area (Å²) in [5.41, 5.74) is 0. The third-order valence-corrected chi connectivity index (χ3v) is 2.53. The summed E-state index contributed by atoms with van der Waals surface area (Å²) in [6.07, 6.45) is 2.22. The van der Waals surface area contributed by atoms with Crippen molar-refractivity contribution in [3.05, 3.63) is 0 Å². The Morgan fingerprint density at radius 1 is 1.50 bits per heavy atom. The molecule has 1 atom stereocenters.